The van der Waals surface area contributed by atoms with Crippen LogP contribution in [-0.2, 0) is 8.46 Å². The number of nitrogens with zero attached hydrogens (tertiary/aromatic N) is 3. The molecule has 3 nitrogen and oxygen atoms in total. The molecule has 6 heteroatoms. The normalized spacial score (nSPS) is 11.1. The summed E-state index contributed by atoms with van der Waals surface area (Å²) in [5, 5.41) is 0. The van der Waals surface area contributed by atoms with Gasteiger partial charge in [-0.3, -0.25) is 9.98 Å². The first-order valence-electron chi connectivity index (χ1n) is 8.65. The molecule has 3 rings (SSSR count). The summed E-state index contributed by atoms with van der Waals surface area (Å²) in [7, 11) is 1.19. The zero-order valence-corrected chi connectivity index (χ0v) is 21.6. The van der Waals surface area contributed by atoms with Gasteiger partial charge >= 0.3 is 49.1 Å². The van der Waals surface area contributed by atoms with Gasteiger partial charge in [-0.25, -0.2) is 0 Å². The zero-order valence-electron chi connectivity index (χ0n) is 16.2. The maximum atomic E-state index is 4.60. The summed E-state index contributed by atoms with van der Waals surface area (Å²) in [6.45, 7) is 8.28. The molecule has 0 radical (unpaired) electrons. The molecule has 0 amide bonds. The number of rotatable bonds is 4. The van der Waals surface area contributed by atoms with Gasteiger partial charge in [0.15, 0.2) is 0 Å². The topological polar surface area (TPSA) is 38.8 Å². The van der Waals surface area contributed by atoms with Gasteiger partial charge in [0.25, 0.3) is 0 Å². The molecule has 2 aromatic carbocycles. The number of benzene rings is 2. The van der Waals surface area contributed by atoms with Crippen molar-refractivity contribution in [1.82, 2.24) is 4.98 Å². The Labute approximate surface area is 196 Å². The van der Waals surface area contributed by atoms with E-state index in [0.29, 0.717) is 0 Å². The van der Waals surface area contributed by atoms with Gasteiger partial charge in [0, 0.05) is 12.4 Å². The zero-order chi connectivity index (χ0) is 20.5. The molecule has 0 aliphatic heterocycles. The first-order chi connectivity index (χ1) is 13.5. The van der Waals surface area contributed by atoms with Crippen LogP contribution in [0.2, 0.25) is 0 Å². The van der Waals surface area contributed by atoms with E-state index in [4.69, 9.17) is 0 Å². The van der Waals surface area contributed by atoms with Crippen molar-refractivity contribution in [3.05, 3.63) is 82.2 Å². The summed E-state index contributed by atoms with van der Waals surface area (Å²) >= 11 is 4.55. The third-order valence-electron chi connectivity index (χ3n) is 4.21. The molecular weight excluding hydrogens is 616 g/mol. The fourth-order valence-electron chi connectivity index (χ4n) is 2.82. The van der Waals surface area contributed by atoms with E-state index < -0.39 is 0 Å². The maximum absolute atomic E-state index is 4.60. The van der Waals surface area contributed by atoms with E-state index in [-0.39, 0.29) is 0 Å². The molecule has 1 aromatic heterocycles. The van der Waals surface area contributed by atoms with Crippen molar-refractivity contribution in [1.29, 1.82) is 0 Å². The van der Waals surface area contributed by atoms with Crippen LogP contribution in [0.1, 0.15) is 33.6 Å². The quantitative estimate of drug-likeness (QED) is 0.170. The van der Waals surface area contributed by atoms with Crippen LogP contribution in [0.3, 0.4) is 0 Å². The van der Waals surface area contributed by atoms with Crippen LogP contribution in [0.4, 0.5) is 11.4 Å². The molecule has 0 fully saturated rings. The number of halogens is 2. The molecule has 0 unspecified atom stereocenters. The summed E-state index contributed by atoms with van der Waals surface area (Å²) < 4.78 is 0. The third-order valence-corrected chi connectivity index (χ3v) is 4.21. The van der Waals surface area contributed by atoms with Gasteiger partial charge in [-0.1, -0.05) is 48.5 Å². The molecule has 0 N–H and O–H groups in total. The number of aryl methyl sites for hydroxylation is 4. The molecule has 0 saturated carbocycles. The Hall–Kier alpha value is -0.961. The molecule has 0 aliphatic rings. The molecule has 28 heavy (non-hydrogen) atoms. The number of hydrogen-bond acceptors (Lipinski definition) is 2. The number of aromatic nitrogens is 1. The van der Waals surface area contributed by atoms with E-state index in [1.54, 1.807) is 0 Å². The average Bonchev–Trinajstić information content (AvgIpc) is 3.09. The number of aliphatic imine (C=N–C) groups is 2. The summed E-state index contributed by atoms with van der Waals surface area (Å²) in [6.07, 6.45) is 3.62. The van der Waals surface area contributed by atoms with E-state index in [9.17, 15) is 0 Å². The van der Waals surface area contributed by atoms with Crippen molar-refractivity contribution < 1.29 is 8.46 Å². The second kappa shape index (κ2) is 11.9. The van der Waals surface area contributed by atoms with Crippen LogP contribution in [0, 0.1) is 27.7 Å². The van der Waals surface area contributed by atoms with Gasteiger partial charge in [0.2, 0.25) is 0 Å². The Bertz CT molecular complexity index is 861. The second-order valence-electron chi connectivity index (χ2n) is 6.34. The first-order valence-corrected chi connectivity index (χ1v) is 15.8. The first kappa shape index (κ1) is 23.3. The second-order valence-corrected chi connectivity index (χ2v) is 15.7. The van der Waals surface area contributed by atoms with Gasteiger partial charge in [-0.15, -0.1) is 11.4 Å². The van der Waals surface area contributed by atoms with E-state index in [1.165, 1.54) is 30.7 Å². The van der Waals surface area contributed by atoms with Crippen LogP contribution in [0.5, 0.6) is 0 Å². The molecule has 3 aromatic rings. The summed E-state index contributed by atoms with van der Waals surface area (Å²) in [5.41, 5.74) is 8.36. The number of para-hydroxylation sites is 2. The summed E-state index contributed by atoms with van der Waals surface area (Å²) in [4.78, 5) is 13.8. The van der Waals surface area contributed by atoms with Crippen LogP contribution in [0.25, 0.3) is 0 Å². The fourth-order valence-corrected chi connectivity index (χ4v) is 2.82. The third kappa shape index (κ3) is 6.83. The standard InChI is InChI=1S/C22H22N3.Fe.2HI/c1-15-7-5-8-16(2)21(15)23-13-19-11-12-20(25-19)14-24-22-17(3)9-6-10-18(22)4;;;/h5-14H,1-4H3;;2*1H/q-1;+3;;/p-2. The predicted molar refractivity (Wildman–Crippen MR) is 134 cm³/mol. The molecule has 0 atom stereocenters. The van der Waals surface area contributed by atoms with Gasteiger partial charge in [-0.2, -0.15) is 0 Å². The van der Waals surface area contributed by atoms with E-state index in [2.05, 4.69) is 108 Å². The minimum atomic E-state index is 0.839. The Morgan fingerprint density at radius 1 is 0.679 bits per heavy atom. The van der Waals surface area contributed by atoms with Gasteiger partial charge in [-0.05, 0) is 49.9 Å². The Kier molecular flexibility index (Phi) is 9.91. The Morgan fingerprint density at radius 2 is 1.00 bits per heavy atom. The Morgan fingerprint density at radius 3 is 1.32 bits per heavy atom. The number of hydrogen-bond donors (Lipinski definition) is 0. The molecule has 1 heterocycles. The molecule has 0 aliphatic carbocycles. The van der Waals surface area contributed by atoms with Crippen molar-refractivity contribution >= 4 is 64.5 Å². The fraction of sp³-hybridized carbons (Fsp3) is 0.182. The Balaban J connectivity index is 0.000000878. The van der Waals surface area contributed by atoms with Crippen molar-refractivity contribution in [2.45, 2.75) is 27.7 Å². The van der Waals surface area contributed by atoms with Crippen LogP contribution in [-0.4, -0.2) is 12.4 Å². The van der Waals surface area contributed by atoms with Crippen LogP contribution < -0.4 is 4.98 Å². The molecule has 0 saturated heterocycles. The van der Waals surface area contributed by atoms with Crippen molar-refractivity contribution in [2.75, 3.05) is 0 Å². The van der Waals surface area contributed by atoms with Crippen molar-refractivity contribution in [3.63, 3.8) is 0 Å². The van der Waals surface area contributed by atoms with Gasteiger partial charge < -0.3 is 4.98 Å². The molecule has 147 valence electrons. The average molecular weight is 638 g/mol. The monoisotopic (exact) mass is 638 g/mol. The van der Waals surface area contributed by atoms with Crippen molar-refractivity contribution in [3.8, 4) is 0 Å². The summed E-state index contributed by atoms with van der Waals surface area (Å²) in [6, 6.07) is 16.3. The SMILES string of the molecule is Cc1cccc(C)c1N=Cc1ccc(C=Nc2c(C)cccc2C)[n-]1.[I][Fe+][I]. The van der Waals surface area contributed by atoms with Gasteiger partial charge in [0.05, 0.1) is 11.4 Å². The van der Waals surface area contributed by atoms with E-state index in [1.807, 2.05) is 36.7 Å². The predicted octanol–water partition coefficient (Wildman–Crippen LogP) is 7.15. The van der Waals surface area contributed by atoms with Crippen molar-refractivity contribution in [2.24, 2.45) is 9.98 Å². The van der Waals surface area contributed by atoms with Crippen LogP contribution in [0.15, 0.2) is 58.5 Å². The van der Waals surface area contributed by atoms with E-state index >= 15 is 0 Å². The molecule has 0 bridgehead atoms. The van der Waals surface area contributed by atoms with Gasteiger partial charge in [0.1, 0.15) is 0 Å². The molecular formula is C22H22FeI2N3. The summed E-state index contributed by atoms with van der Waals surface area (Å²) in [5.74, 6) is 0. The van der Waals surface area contributed by atoms with E-state index in [0.717, 1.165) is 22.8 Å². The van der Waals surface area contributed by atoms with Crippen LogP contribution >= 0.6 is 40.7 Å². The minimum absolute atomic E-state index is 0.839. The molecule has 0 spiro atoms.